The van der Waals surface area contributed by atoms with E-state index in [4.69, 9.17) is 4.84 Å². The van der Waals surface area contributed by atoms with Crippen molar-refractivity contribution in [2.24, 2.45) is 0 Å². The van der Waals surface area contributed by atoms with Crippen LogP contribution >= 0.6 is 0 Å². The molecule has 0 bridgehead atoms. The number of aromatic nitrogens is 2. The second-order valence-corrected chi connectivity index (χ2v) is 3.86. The molecule has 0 unspecified atom stereocenters. The number of para-hydroxylation sites is 1. The molecule has 3 nitrogen and oxygen atoms in total. The fourth-order valence-electron chi connectivity index (χ4n) is 2.11. The van der Waals surface area contributed by atoms with Crippen molar-refractivity contribution in [2.45, 2.75) is 6.92 Å². The highest BCUT2D eigenvalue weighted by molar-refractivity contribution is 6.04. The van der Waals surface area contributed by atoms with Gasteiger partial charge in [0.25, 0.3) is 0 Å². The second kappa shape index (κ2) is 3.23. The van der Waals surface area contributed by atoms with E-state index in [-0.39, 0.29) is 0 Å². The third-order valence-corrected chi connectivity index (χ3v) is 2.90. The Morgan fingerprint density at radius 2 is 2.00 bits per heavy atom. The lowest BCUT2D eigenvalue weighted by atomic mass is 10.1. The normalized spacial score (nSPS) is 11.1. The number of rotatable bonds is 1. The first-order valence-corrected chi connectivity index (χ1v) is 5.21. The third-order valence-electron chi connectivity index (χ3n) is 2.90. The van der Waals surface area contributed by atoms with Crippen molar-refractivity contribution in [3.05, 3.63) is 42.2 Å². The number of pyridine rings is 1. The Morgan fingerprint density at radius 3 is 2.81 bits per heavy atom. The van der Waals surface area contributed by atoms with Crippen LogP contribution in [0.5, 0.6) is 0 Å². The van der Waals surface area contributed by atoms with Crippen LogP contribution in [0.1, 0.15) is 5.56 Å². The summed E-state index contributed by atoms with van der Waals surface area (Å²) in [7, 11) is 1.67. The van der Waals surface area contributed by atoms with E-state index in [1.165, 1.54) is 5.56 Å². The van der Waals surface area contributed by atoms with Gasteiger partial charge in [0.1, 0.15) is 7.11 Å². The van der Waals surface area contributed by atoms with Crippen molar-refractivity contribution in [3.8, 4) is 0 Å². The Hall–Kier alpha value is -2.03. The molecule has 16 heavy (non-hydrogen) atoms. The fraction of sp³-hybridized carbons (Fsp3) is 0.154. The minimum Gasteiger partial charge on any atom is -0.417 e. The predicted molar refractivity (Wildman–Crippen MR) is 64.5 cm³/mol. The van der Waals surface area contributed by atoms with Gasteiger partial charge in [-0.1, -0.05) is 18.2 Å². The summed E-state index contributed by atoms with van der Waals surface area (Å²) in [6.07, 6.45) is 3.89. The molecule has 0 saturated carbocycles. The molecule has 2 heterocycles. The maximum atomic E-state index is 5.35. The number of nitrogens with zero attached hydrogens (tertiary/aromatic N) is 2. The monoisotopic (exact) mass is 212 g/mol. The lowest BCUT2D eigenvalue weighted by Crippen LogP contribution is -2.03. The van der Waals surface area contributed by atoms with E-state index in [0.717, 1.165) is 21.8 Å². The van der Waals surface area contributed by atoms with E-state index in [9.17, 15) is 0 Å². The molecule has 3 rings (SSSR count). The summed E-state index contributed by atoms with van der Waals surface area (Å²) in [5, 5.41) is 2.26. The summed E-state index contributed by atoms with van der Waals surface area (Å²) in [5.74, 6) is 0. The number of hydrogen-bond acceptors (Lipinski definition) is 2. The topological polar surface area (TPSA) is 27.1 Å². The second-order valence-electron chi connectivity index (χ2n) is 3.86. The summed E-state index contributed by atoms with van der Waals surface area (Å²) in [5.41, 5.74) is 3.26. The molecule has 0 aliphatic carbocycles. The van der Waals surface area contributed by atoms with Gasteiger partial charge in [0, 0.05) is 23.2 Å². The molecule has 3 aromatic rings. The van der Waals surface area contributed by atoms with Gasteiger partial charge in [0.15, 0.2) is 0 Å². The van der Waals surface area contributed by atoms with Crippen LogP contribution in [0.4, 0.5) is 0 Å². The van der Waals surface area contributed by atoms with Gasteiger partial charge in [-0.2, -0.15) is 4.73 Å². The molecule has 0 aliphatic heterocycles. The van der Waals surface area contributed by atoms with Crippen molar-refractivity contribution in [3.63, 3.8) is 0 Å². The van der Waals surface area contributed by atoms with E-state index < -0.39 is 0 Å². The standard InChI is InChI=1S/C13H12N2O/c1-9-8-15(16-2)13-10-5-3-4-6-12(10)14-7-11(9)13/h3-8H,1-2H3. The van der Waals surface area contributed by atoms with Crippen molar-refractivity contribution < 1.29 is 4.84 Å². The molecule has 1 aromatic carbocycles. The molecule has 0 spiro atoms. The summed E-state index contributed by atoms with van der Waals surface area (Å²) >= 11 is 0. The zero-order valence-corrected chi connectivity index (χ0v) is 9.27. The van der Waals surface area contributed by atoms with Crippen LogP contribution in [0.3, 0.4) is 0 Å². The number of hydrogen-bond donors (Lipinski definition) is 0. The molecule has 2 aromatic heterocycles. The maximum absolute atomic E-state index is 5.35. The molecule has 0 atom stereocenters. The van der Waals surface area contributed by atoms with Crippen molar-refractivity contribution in [1.82, 2.24) is 9.71 Å². The molecule has 3 heteroatoms. The zero-order chi connectivity index (χ0) is 11.1. The third kappa shape index (κ3) is 1.11. The van der Waals surface area contributed by atoms with Crippen LogP contribution in [-0.4, -0.2) is 16.8 Å². The van der Waals surface area contributed by atoms with Crippen LogP contribution < -0.4 is 4.84 Å². The highest BCUT2D eigenvalue weighted by atomic mass is 16.6. The van der Waals surface area contributed by atoms with Gasteiger partial charge in [0.05, 0.1) is 11.0 Å². The van der Waals surface area contributed by atoms with Crippen molar-refractivity contribution in [2.75, 3.05) is 7.11 Å². The highest BCUT2D eigenvalue weighted by Gasteiger charge is 2.09. The van der Waals surface area contributed by atoms with Crippen LogP contribution in [0.25, 0.3) is 21.8 Å². The summed E-state index contributed by atoms with van der Waals surface area (Å²) in [4.78, 5) is 9.79. The number of benzene rings is 1. The van der Waals surface area contributed by atoms with E-state index in [1.807, 2.05) is 30.6 Å². The lowest BCUT2D eigenvalue weighted by molar-refractivity contribution is 0.179. The van der Waals surface area contributed by atoms with Crippen LogP contribution in [0.15, 0.2) is 36.7 Å². The molecule has 0 saturated heterocycles. The quantitative estimate of drug-likeness (QED) is 0.620. The van der Waals surface area contributed by atoms with Gasteiger partial charge < -0.3 is 4.84 Å². The van der Waals surface area contributed by atoms with Crippen molar-refractivity contribution >= 4 is 21.8 Å². The number of fused-ring (bicyclic) bond motifs is 3. The van der Waals surface area contributed by atoms with Crippen LogP contribution in [0.2, 0.25) is 0 Å². The molecule has 0 radical (unpaired) electrons. The first-order valence-electron chi connectivity index (χ1n) is 5.21. The first-order chi connectivity index (χ1) is 7.81. The Morgan fingerprint density at radius 1 is 1.19 bits per heavy atom. The Balaban J connectivity index is 2.58. The number of aryl methyl sites for hydroxylation is 1. The predicted octanol–water partition coefficient (Wildman–Crippen LogP) is 2.56. The minimum atomic E-state index is 0.992. The lowest BCUT2D eigenvalue weighted by Gasteiger charge is -2.04. The molecule has 0 N–H and O–H groups in total. The first kappa shape index (κ1) is 9.21. The molecular formula is C13H12N2O. The Bertz CT molecular complexity index is 670. The highest BCUT2D eigenvalue weighted by Crippen LogP contribution is 2.26. The van der Waals surface area contributed by atoms with Crippen LogP contribution in [0, 0.1) is 6.92 Å². The largest absolute Gasteiger partial charge is 0.417 e. The van der Waals surface area contributed by atoms with E-state index in [0.29, 0.717) is 0 Å². The zero-order valence-electron chi connectivity index (χ0n) is 9.27. The van der Waals surface area contributed by atoms with E-state index in [1.54, 1.807) is 11.8 Å². The molecule has 0 amide bonds. The summed E-state index contributed by atoms with van der Waals surface area (Å²) < 4.78 is 1.80. The Kier molecular flexibility index (Phi) is 1.86. The summed E-state index contributed by atoms with van der Waals surface area (Å²) in [6, 6.07) is 8.09. The molecule has 80 valence electrons. The molecule has 0 fully saturated rings. The summed E-state index contributed by atoms with van der Waals surface area (Å²) in [6.45, 7) is 2.06. The van der Waals surface area contributed by atoms with Gasteiger partial charge >= 0.3 is 0 Å². The van der Waals surface area contributed by atoms with E-state index >= 15 is 0 Å². The van der Waals surface area contributed by atoms with Gasteiger partial charge in [-0.25, -0.2) is 0 Å². The van der Waals surface area contributed by atoms with Gasteiger partial charge in [0.2, 0.25) is 0 Å². The maximum Gasteiger partial charge on any atom is 0.104 e. The minimum absolute atomic E-state index is 0.992. The van der Waals surface area contributed by atoms with Crippen LogP contribution in [-0.2, 0) is 0 Å². The van der Waals surface area contributed by atoms with Gasteiger partial charge in [-0.15, -0.1) is 0 Å². The average molecular weight is 212 g/mol. The average Bonchev–Trinajstić information content (AvgIpc) is 2.66. The SMILES string of the molecule is COn1cc(C)c2cnc3ccccc3c21. The molecular weight excluding hydrogens is 200 g/mol. The van der Waals surface area contributed by atoms with Gasteiger partial charge in [-0.05, 0) is 18.6 Å². The van der Waals surface area contributed by atoms with Crippen molar-refractivity contribution in [1.29, 1.82) is 0 Å². The van der Waals surface area contributed by atoms with E-state index in [2.05, 4.69) is 18.0 Å². The Labute approximate surface area is 93.2 Å². The molecule has 0 aliphatic rings. The smallest absolute Gasteiger partial charge is 0.104 e. The van der Waals surface area contributed by atoms with Gasteiger partial charge in [-0.3, -0.25) is 4.98 Å². The fourth-order valence-corrected chi connectivity index (χ4v) is 2.11.